The Morgan fingerprint density at radius 1 is 1.30 bits per heavy atom. The molecule has 0 fully saturated rings. The van der Waals surface area contributed by atoms with Crippen LogP contribution >= 0.6 is 11.3 Å². The van der Waals surface area contributed by atoms with Crippen molar-refractivity contribution in [3.63, 3.8) is 0 Å². The molecule has 23 heavy (non-hydrogen) atoms. The molecule has 0 radical (unpaired) electrons. The number of ether oxygens (including phenoxy) is 2. The van der Waals surface area contributed by atoms with E-state index in [9.17, 15) is 14.4 Å². The number of carbonyl (C=O) groups is 3. The van der Waals surface area contributed by atoms with Crippen LogP contribution in [0.2, 0.25) is 0 Å². The summed E-state index contributed by atoms with van der Waals surface area (Å²) >= 11 is 1.34. The van der Waals surface area contributed by atoms with Gasteiger partial charge >= 0.3 is 12.0 Å². The average molecular weight is 342 g/mol. The predicted octanol–water partition coefficient (Wildman–Crippen LogP) is 1.64. The molecule has 0 aliphatic carbocycles. The van der Waals surface area contributed by atoms with Crippen molar-refractivity contribution >= 4 is 29.2 Å². The van der Waals surface area contributed by atoms with E-state index in [1.165, 1.54) is 18.4 Å². The maximum absolute atomic E-state index is 11.9. The molecule has 0 saturated heterocycles. The lowest BCUT2D eigenvalue weighted by Crippen LogP contribution is -2.42. The van der Waals surface area contributed by atoms with Crippen LogP contribution < -0.4 is 10.6 Å². The Hall–Kier alpha value is -1.93. The lowest BCUT2D eigenvalue weighted by atomic mass is 10.1. The van der Waals surface area contributed by atoms with Gasteiger partial charge in [0.25, 0.3) is 5.91 Å². The van der Waals surface area contributed by atoms with Crippen LogP contribution in [0.1, 0.15) is 33.5 Å². The lowest BCUT2D eigenvalue weighted by molar-refractivity contribution is -0.123. The number of hydrogen-bond acceptors (Lipinski definition) is 6. The third-order valence-electron chi connectivity index (χ3n) is 2.92. The number of urea groups is 1. The summed E-state index contributed by atoms with van der Waals surface area (Å²) in [6, 6.07) is 1.14. The van der Waals surface area contributed by atoms with Gasteiger partial charge in [-0.2, -0.15) is 0 Å². The van der Waals surface area contributed by atoms with Gasteiger partial charge in [0.15, 0.2) is 6.61 Å². The highest BCUT2D eigenvalue weighted by Crippen LogP contribution is 2.23. The first kappa shape index (κ1) is 19.1. The number of nitrogens with one attached hydrogen (secondary N) is 2. The Balaban J connectivity index is 2.39. The summed E-state index contributed by atoms with van der Waals surface area (Å²) in [5, 5.41) is 4.49. The number of carbonyl (C=O) groups excluding carboxylic acids is 3. The molecule has 7 nitrogen and oxygen atoms in total. The Morgan fingerprint density at radius 3 is 2.70 bits per heavy atom. The zero-order chi connectivity index (χ0) is 17.2. The number of aryl methyl sites for hydroxylation is 2. The highest BCUT2D eigenvalue weighted by Gasteiger charge is 2.15. The van der Waals surface area contributed by atoms with Crippen LogP contribution in [-0.4, -0.2) is 44.8 Å². The van der Waals surface area contributed by atoms with E-state index in [0.717, 1.165) is 23.3 Å². The molecule has 2 N–H and O–H groups in total. The number of rotatable bonds is 8. The van der Waals surface area contributed by atoms with Crippen molar-refractivity contribution in [1.82, 2.24) is 10.6 Å². The summed E-state index contributed by atoms with van der Waals surface area (Å²) in [4.78, 5) is 36.3. The minimum Gasteiger partial charge on any atom is -0.451 e. The Morgan fingerprint density at radius 2 is 2.04 bits per heavy atom. The zero-order valence-corrected chi connectivity index (χ0v) is 14.4. The van der Waals surface area contributed by atoms with Crippen molar-refractivity contribution in [1.29, 1.82) is 0 Å². The number of hydrogen-bond donors (Lipinski definition) is 2. The van der Waals surface area contributed by atoms with Crippen molar-refractivity contribution in [2.75, 3.05) is 26.9 Å². The second-order valence-corrected chi connectivity index (χ2v) is 6.07. The molecule has 0 spiro atoms. The molecule has 3 amide bonds. The first-order chi connectivity index (χ1) is 11.0. The summed E-state index contributed by atoms with van der Waals surface area (Å²) in [6.07, 6.45) is 1.89. The number of imide groups is 1. The lowest BCUT2D eigenvalue weighted by Gasteiger charge is -2.06. The number of thiophene rings is 1. The molecule has 0 aromatic carbocycles. The van der Waals surface area contributed by atoms with Crippen molar-refractivity contribution < 1.29 is 23.9 Å². The van der Waals surface area contributed by atoms with Crippen LogP contribution in [0.3, 0.4) is 0 Å². The summed E-state index contributed by atoms with van der Waals surface area (Å²) < 4.78 is 9.68. The summed E-state index contributed by atoms with van der Waals surface area (Å²) in [6.45, 7) is 4.13. The van der Waals surface area contributed by atoms with Crippen LogP contribution in [0.25, 0.3) is 0 Å². The van der Waals surface area contributed by atoms with Crippen LogP contribution in [0.5, 0.6) is 0 Å². The van der Waals surface area contributed by atoms with Crippen molar-refractivity contribution in [3.8, 4) is 0 Å². The fourth-order valence-corrected chi connectivity index (χ4v) is 2.78. The average Bonchev–Trinajstić information content (AvgIpc) is 2.87. The molecule has 0 atom stereocenters. The molecule has 1 heterocycles. The molecule has 0 aliphatic rings. The molecular weight excluding hydrogens is 320 g/mol. The zero-order valence-electron chi connectivity index (χ0n) is 13.6. The van der Waals surface area contributed by atoms with Gasteiger partial charge in [0.05, 0.1) is 6.61 Å². The van der Waals surface area contributed by atoms with E-state index < -0.39 is 24.5 Å². The Labute approximate surface area is 139 Å². The highest BCUT2D eigenvalue weighted by atomic mass is 32.1. The van der Waals surface area contributed by atoms with Gasteiger partial charge in [-0.15, -0.1) is 11.3 Å². The van der Waals surface area contributed by atoms with Crippen LogP contribution in [0, 0.1) is 6.92 Å². The van der Waals surface area contributed by atoms with Crippen LogP contribution in [0.4, 0.5) is 4.79 Å². The number of esters is 1. The molecule has 128 valence electrons. The summed E-state index contributed by atoms with van der Waals surface area (Å²) in [5.74, 6) is -1.24. The largest absolute Gasteiger partial charge is 0.451 e. The highest BCUT2D eigenvalue weighted by molar-refractivity contribution is 7.14. The van der Waals surface area contributed by atoms with Gasteiger partial charge in [0.2, 0.25) is 0 Å². The van der Waals surface area contributed by atoms with Crippen LogP contribution in [-0.2, 0) is 20.7 Å². The van der Waals surface area contributed by atoms with Gasteiger partial charge in [-0.05, 0) is 25.0 Å². The van der Waals surface area contributed by atoms with E-state index >= 15 is 0 Å². The fourth-order valence-electron chi connectivity index (χ4n) is 1.81. The van der Waals surface area contributed by atoms with E-state index in [0.29, 0.717) is 11.5 Å². The van der Waals surface area contributed by atoms with Gasteiger partial charge in [-0.25, -0.2) is 9.59 Å². The third-order valence-corrected chi connectivity index (χ3v) is 3.99. The summed E-state index contributed by atoms with van der Waals surface area (Å²) in [5.41, 5.74) is 1.12. The summed E-state index contributed by atoms with van der Waals surface area (Å²) in [7, 11) is 1.50. The topological polar surface area (TPSA) is 93.7 Å². The molecule has 1 aromatic rings. The minimum atomic E-state index is -0.685. The Kier molecular flexibility index (Phi) is 8.28. The molecule has 8 heteroatoms. The van der Waals surface area contributed by atoms with Gasteiger partial charge in [-0.1, -0.05) is 13.3 Å². The van der Waals surface area contributed by atoms with E-state index in [1.807, 2.05) is 6.92 Å². The van der Waals surface area contributed by atoms with Crippen molar-refractivity contribution in [2.45, 2.75) is 26.7 Å². The van der Waals surface area contributed by atoms with Gasteiger partial charge in [0, 0.05) is 18.5 Å². The number of amides is 3. The Bertz CT molecular complexity index is 556. The third kappa shape index (κ3) is 6.79. The van der Waals surface area contributed by atoms with Gasteiger partial charge in [-0.3, -0.25) is 10.1 Å². The second-order valence-electron chi connectivity index (χ2n) is 4.82. The molecule has 0 unspecified atom stereocenters. The molecule has 0 saturated carbocycles. The standard InChI is InChI=1S/C15H22N2O5S/c1-4-5-11-8-12(23-10(11)2)14(19)22-9-13(18)17-15(20)16-6-7-21-3/h8H,4-7,9H2,1-3H3,(H2,16,17,18,20). The maximum atomic E-state index is 11.9. The van der Waals surface area contributed by atoms with Crippen molar-refractivity contribution in [3.05, 3.63) is 21.4 Å². The van der Waals surface area contributed by atoms with Gasteiger partial charge in [0.1, 0.15) is 4.88 Å². The number of methoxy groups -OCH3 is 1. The monoisotopic (exact) mass is 342 g/mol. The van der Waals surface area contributed by atoms with E-state index in [4.69, 9.17) is 9.47 Å². The van der Waals surface area contributed by atoms with E-state index in [1.54, 1.807) is 6.07 Å². The first-order valence-electron chi connectivity index (χ1n) is 7.31. The fraction of sp³-hybridized carbons (Fsp3) is 0.533. The molecule has 0 aliphatic heterocycles. The quantitative estimate of drug-likeness (QED) is 0.553. The molecule has 0 bridgehead atoms. The van der Waals surface area contributed by atoms with Crippen molar-refractivity contribution in [2.24, 2.45) is 0 Å². The SMILES string of the molecule is CCCc1cc(C(=O)OCC(=O)NC(=O)NCCOC)sc1C. The second kappa shape index (κ2) is 9.96. The maximum Gasteiger partial charge on any atom is 0.348 e. The predicted molar refractivity (Wildman–Crippen MR) is 86.8 cm³/mol. The van der Waals surface area contributed by atoms with Crippen LogP contribution in [0.15, 0.2) is 6.07 Å². The smallest absolute Gasteiger partial charge is 0.348 e. The molecular formula is C15H22N2O5S. The normalized spacial score (nSPS) is 10.2. The van der Waals surface area contributed by atoms with E-state index in [2.05, 4.69) is 17.6 Å². The molecule has 1 aromatic heterocycles. The van der Waals surface area contributed by atoms with Gasteiger partial charge < -0.3 is 14.8 Å². The minimum absolute atomic E-state index is 0.282. The first-order valence-corrected chi connectivity index (χ1v) is 8.12. The van der Waals surface area contributed by atoms with E-state index in [-0.39, 0.29) is 6.54 Å². The molecule has 1 rings (SSSR count).